The van der Waals surface area contributed by atoms with Crippen LogP contribution in [0.5, 0.6) is 11.5 Å². The van der Waals surface area contributed by atoms with Crippen molar-refractivity contribution >= 4 is 11.6 Å². The number of aromatic amines is 1. The highest BCUT2D eigenvalue weighted by Crippen LogP contribution is 2.28. The number of H-pyrrole nitrogens is 1. The average molecular weight is 356 g/mol. The molecule has 0 aliphatic carbocycles. The summed E-state index contributed by atoms with van der Waals surface area (Å²) in [7, 11) is 3.10. The van der Waals surface area contributed by atoms with Gasteiger partial charge in [-0.1, -0.05) is 6.07 Å². The van der Waals surface area contributed by atoms with Gasteiger partial charge < -0.3 is 14.8 Å². The van der Waals surface area contributed by atoms with Crippen LogP contribution in [0, 0.1) is 5.82 Å². The molecule has 0 radical (unpaired) electrons. The van der Waals surface area contributed by atoms with Gasteiger partial charge in [-0.3, -0.25) is 9.78 Å². The minimum atomic E-state index is -0.362. The Kier molecular flexibility index (Phi) is 5.12. The summed E-state index contributed by atoms with van der Waals surface area (Å²) in [6, 6.07) is 11.1. The molecule has 2 N–H and O–H groups in total. The second-order valence-corrected chi connectivity index (χ2v) is 5.45. The van der Waals surface area contributed by atoms with Crippen LogP contribution >= 0.6 is 0 Å². The Morgan fingerprint density at radius 2 is 1.77 bits per heavy atom. The van der Waals surface area contributed by atoms with Crippen LogP contribution < -0.4 is 20.3 Å². The van der Waals surface area contributed by atoms with Gasteiger partial charge >= 0.3 is 0 Å². The number of rotatable bonds is 6. The molecule has 0 spiro atoms. The van der Waals surface area contributed by atoms with Crippen molar-refractivity contribution in [3.8, 4) is 11.5 Å². The molecule has 3 rings (SSSR count). The number of halogens is 1. The summed E-state index contributed by atoms with van der Waals surface area (Å²) in [6.07, 6.45) is 0.291. The van der Waals surface area contributed by atoms with Crippen LogP contribution in [0.25, 0.3) is 0 Å². The SMILES string of the molecule is COc1ccc(Cc2nnc(Nc3ccc(F)cc3)[nH]c2=O)cc1OC. The summed E-state index contributed by atoms with van der Waals surface area (Å²) in [5.74, 6) is 1.01. The molecule has 0 amide bonds. The molecule has 0 fully saturated rings. The van der Waals surface area contributed by atoms with Crippen molar-refractivity contribution in [1.29, 1.82) is 0 Å². The highest BCUT2D eigenvalue weighted by Gasteiger charge is 2.10. The zero-order valence-corrected chi connectivity index (χ0v) is 14.2. The van der Waals surface area contributed by atoms with E-state index in [0.717, 1.165) is 5.56 Å². The van der Waals surface area contributed by atoms with Crippen LogP contribution in [-0.2, 0) is 6.42 Å². The lowest BCUT2D eigenvalue weighted by Gasteiger charge is -2.09. The highest BCUT2D eigenvalue weighted by atomic mass is 19.1. The molecule has 1 heterocycles. The van der Waals surface area contributed by atoms with E-state index in [-0.39, 0.29) is 23.0 Å². The first-order valence-corrected chi connectivity index (χ1v) is 7.78. The number of hydrogen-bond acceptors (Lipinski definition) is 6. The van der Waals surface area contributed by atoms with Crippen LogP contribution in [0.15, 0.2) is 47.3 Å². The molecule has 0 unspecified atom stereocenters. The summed E-state index contributed by atoms with van der Waals surface area (Å²) in [6.45, 7) is 0. The lowest BCUT2D eigenvalue weighted by atomic mass is 10.1. The highest BCUT2D eigenvalue weighted by molar-refractivity contribution is 5.52. The number of nitrogens with one attached hydrogen (secondary N) is 2. The summed E-state index contributed by atoms with van der Waals surface area (Å²) < 4.78 is 23.4. The van der Waals surface area contributed by atoms with Crippen LogP contribution in [0.1, 0.15) is 11.3 Å². The van der Waals surface area contributed by atoms with Crippen LogP contribution in [0.4, 0.5) is 16.0 Å². The third-order valence-electron chi connectivity index (χ3n) is 3.69. The largest absolute Gasteiger partial charge is 0.493 e. The van der Waals surface area contributed by atoms with E-state index in [1.807, 2.05) is 6.07 Å². The number of hydrogen-bond donors (Lipinski definition) is 2. The topological polar surface area (TPSA) is 89.1 Å². The monoisotopic (exact) mass is 356 g/mol. The third kappa shape index (κ3) is 3.97. The summed E-state index contributed by atoms with van der Waals surface area (Å²) in [4.78, 5) is 14.9. The summed E-state index contributed by atoms with van der Waals surface area (Å²) in [5, 5.41) is 10.8. The number of benzene rings is 2. The molecule has 8 heteroatoms. The van der Waals surface area contributed by atoms with E-state index in [9.17, 15) is 9.18 Å². The van der Waals surface area contributed by atoms with E-state index in [1.165, 1.54) is 24.3 Å². The molecule has 134 valence electrons. The first kappa shape index (κ1) is 17.4. The molecular formula is C18H17FN4O3. The second kappa shape index (κ2) is 7.64. The number of ether oxygens (including phenoxy) is 2. The molecule has 7 nitrogen and oxygen atoms in total. The first-order chi connectivity index (χ1) is 12.6. The normalized spacial score (nSPS) is 10.4. The van der Waals surface area contributed by atoms with E-state index >= 15 is 0 Å². The predicted molar refractivity (Wildman–Crippen MR) is 94.7 cm³/mol. The van der Waals surface area contributed by atoms with Gasteiger partial charge in [-0.15, -0.1) is 10.2 Å². The van der Waals surface area contributed by atoms with Gasteiger partial charge in [0.25, 0.3) is 5.56 Å². The number of methoxy groups -OCH3 is 2. The molecule has 0 aliphatic heterocycles. The van der Waals surface area contributed by atoms with Gasteiger partial charge in [0.2, 0.25) is 5.95 Å². The quantitative estimate of drug-likeness (QED) is 0.706. The van der Waals surface area contributed by atoms with Crippen molar-refractivity contribution in [3.05, 3.63) is 69.9 Å². The molecular weight excluding hydrogens is 339 g/mol. The summed E-state index contributed by atoms with van der Waals surface area (Å²) in [5.41, 5.74) is 1.33. The first-order valence-electron chi connectivity index (χ1n) is 7.78. The van der Waals surface area contributed by atoms with Gasteiger partial charge in [0.15, 0.2) is 11.5 Å². The maximum atomic E-state index is 12.9. The van der Waals surface area contributed by atoms with Gasteiger partial charge in [0.05, 0.1) is 14.2 Å². The molecule has 0 saturated heterocycles. The molecule has 0 saturated carbocycles. The van der Waals surface area contributed by atoms with Gasteiger partial charge in [0, 0.05) is 12.1 Å². The van der Waals surface area contributed by atoms with Crippen molar-refractivity contribution in [2.45, 2.75) is 6.42 Å². The number of anilines is 2. The minimum absolute atomic E-state index is 0.178. The second-order valence-electron chi connectivity index (χ2n) is 5.45. The van der Waals surface area contributed by atoms with Crippen molar-refractivity contribution < 1.29 is 13.9 Å². The van der Waals surface area contributed by atoms with E-state index in [1.54, 1.807) is 26.4 Å². The van der Waals surface area contributed by atoms with Gasteiger partial charge in [-0.2, -0.15) is 0 Å². The molecule has 2 aromatic carbocycles. The zero-order chi connectivity index (χ0) is 18.5. The molecule has 3 aromatic rings. The molecule has 1 aromatic heterocycles. The van der Waals surface area contributed by atoms with Crippen molar-refractivity contribution in [3.63, 3.8) is 0 Å². The fourth-order valence-electron chi connectivity index (χ4n) is 2.39. The summed E-state index contributed by atoms with van der Waals surface area (Å²) >= 11 is 0. The van der Waals surface area contributed by atoms with E-state index in [4.69, 9.17) is 9.47 Å². The Morgan fingerprint density at radius 3 is 2.42 bits per heavy atom. The Morgan fingerprint density at radius 1 is 1.04 bits per heavy atom. The van der Waals surface area contributed by atoms with Crippen molar-refractivity contribution in [2.24, 2.45) is 0 Å². The smallest absolute Gasteiger partial charge is 0.274 e. The average Bonchev–Trinajstić information content (AvgIpc) is 2.65. The standard InChI is InChI=1S/C18H17FN4O3/c1-25-15-8-3-11(10-16(15)26-2)9-14-17(24)21-18(23-22-14)20-13-6-4-12(19)5-7-13/h3-8,10H,9H2,1-2H3,(H2,20,21,23,24). The van der Waals surface area contributed by atoms with Crippen molar-refractivity contribution in [2.75, 3.05) is 19.5 Å². The maximum absolute atomic E-state index is 12.9. The molecule has 0 aliphatic rings. The Balaban J connectivity index is 1.77. The third-order valence-corrected chi connectivity index (χ3v) is 3.69. The van der Waals surface area contributed by atoms with Crippen LogP contribution in [-0.4, -0.2) is 29.4 Å². The molecule has 26 heavy (non-hydrogen) atoms. The number of aromatic nitrogens is 3. The Bertz CT molecular complexity index is 957. The van der Waals surface area contributed by atoms with E-state index in [2.05, 4.69) is 20.5 Å². The van der Waals surface area contributed by atoms with Crippen LogP contribution in [0.3, 0.4) is 0 Å². The van der Waals surface area contributed by atoms with Gasteiger partial charge in [-0.05, 0) is 42.0 Å². The van der Waals surface area contributed by atoms with E-state index < -0.39 is 0 Å². The lowest BCUT2D eigenvalue weighted by molar-refractivity contribution is 0.354. The Labute approximate surface area is 148 Å². The van der Waals surface area contributed by atoms with Crippen molar-refractivity contribution in [1.82, 2.24) is 15.2 Å². The van der Waals surface area contributed by atoms with Gasteiger partial charge in [0.1, 0.15) is 11.5 Å². The maximum Gasteiger partial charge on any atom is 0.274 e. The fraction of sp³-hybridized carbons (Fsp3) is 0.167. The number of nitrogens with zero attached hydrogens (tertiary/aromatic N) is 2. The van der Waals surface area contributed by atoms with Gasteiger partial charge in [-0.25, -0.2) is 4.39 Å². The Hall–Kier alpha value is -3.42. The zero-order valence-electron chi connectivity index (χ0n) is 14.2. The van der Waals surface area contributed by atoms with Crippen LogP contribution in [0.2, 0.25) is 0 Å². The fourth-order valence-corrected chi connectivity index (χ4v) is 2.39. The minimum Gasteiger partial charge on any atom is -0.493 e. The molecule has 0 bridgehead atoms. The van der Waals surface area contributed by atoms with E-state index in [0.29, 0.717) is 23.6 Å². The lowest BCUT2D eigenvalue weighted by Crippen LogP contribution is -2.18. The molecule has 0 atom stereocenters. The predicted octanol–water partition coefficient (Wildman–Crippen LogP) is 2.66.